The Morgan fingerprint density at radius 1 is 1.32 bits per heavy atom. The molecule has 19 heavy (non-hydrogen) atoms. The van der Waals surface area contributed by atoms with Crippen molar-refractivity contribution in [3.63, 3.8) is 0 Å². The van der Waals surface area contributed by atoms with Gasteiger partial charge in [-0.3, -0.25) is 14.9 Å². The third-order valence-corrected chi connectivity index (χ3v) is 3.42. The Morgan fingerprint density at radius 2 is 1.89 bits per heavy atom. The van der Waals surface area contributed by atoms with Crippen LogP contribution in [0.1, 0.15) is 11.5 Å². The van der Waals surface area contributed by atoms with Crippen LogP contribution in [0.25, 0.3) is 0 Å². The summed E-state index contributed by atoms with van der Waals surface area (Å²) in [4.78, 5) is 33.3. The number of Topliss-reactive ketones (excluding diaryl/α,β-unsaturated/α-hetero) is 1. The number of carbonyl (C=O) groups excluding carboxylic acids is 2. The molecule has 1 aliphatic carbocycles. The zero-order valence-corrected chi connectivity index (χ0v) is 10.7. The van der Waals surface area contributed by atoms with Crippen molar-refractivity contribution in [2.24, 2.45) is 5.92 Å². The minimum atomic E-state index is -1.08. The van der Waals surface area contributed by atoms with Gasteiger partial charge in [0.05, 0.1) is 13.0 Å². The van der Waals surface area contributed by atoms with Gasteiger partial charge in [-0.1, -0.05) is 23.7 Å². The SMILES string of the molecule is COC(=O)C(=O)[C@@H]1[C@H](c2ccc(Cl)cc2)[C@H]1[N+](=O)[O-]. The molecule has 1 saturated carbocycles. The molecule has 0 N–H and O–H groups in total. The average molecular weight is 284 g/mol. The van der Waals surface area contributed by atoms with Crippen LogP contribution in [-0.2, 0) is 14.3 Å². The molecule has 3 atom stereocenters. The lowest BCUT2D eigenvalue weighted by Crippen LogP contribution is -2.21. The summed E-state index contributed by atoms with van der Waals surface area (Å²) in [5.74, 6) is -3.46. The number of ether oxygens (including phenoxy) is 1. The predicted molar refractivity (Wildman–Crippen MR) is 65.5 cm³/mol. The Hall–Kier alpha value is -1.95. The van der Waals surface area contributed by atoms with Crippen LogP contribution in [0.4, 0.5) is 0 Å². The summed E-state index contributed by atoms with van der Waals surface area (Å²) in [5, 5.41) is 11.4. The van der Waals surface area contributed by atoms with E-state index >= 15 is 0 Å². The first-order chi connectivity index (χ1) is 8.97. The summed E-state index contributed by atoms with van der Waals surface area (Å²) >= 11 is 5.73. The summed E-state index contributed by atoms with van der Waals surface area (Å²) in [6, 6.07) is 5.34. The molecule has 0 unspecified atom stereocenters. The van der Waals surface area contributed by atoms with Gasteiger partial charge < -0.3 is 4.74 Å². The third-order valence-electron chi connectivity index (χ3n) is 3.17. The van der Waals surface area contributed by atoms with Crippen LogP contribution >= 0.6 is 11.6 Å². The quantitative estimate of drug-likeness (QED) is 0.361. The zero-order chi connectivity index (χ0) is 14.2. The van der Waals surface area contributed by atoms with Crippen molar-refractivity contribution < 1.29 is 19.2 Å². The van der Waals surface area contributed by atoms with Crippen LogP contribution in [-0.4, -0.2) is 29.8 Å². The van der Waals surface area contributed by atoms with Crippen molar-refractivity contribution in [1.29, 1.82) is 0 Å². The van der Waals surface area contributed by atoms with Gasteiger partial charge in [0.25, 0.3) is 5.78 Å². The highest BCUT2D eigenvalue weighted by Crippen LogP contribution is 2.50. The molecule has 0 saturated heterocycles. The van der Waals surface area contributed by atoms with E-state index in [4.69, 9.17) is 11.6 Å². The summed E-state index contributed by atoms with van der Waals surface area (Å²) in [7, 11) is 1.07. The Morgan fingerprint density at radius 3 is 2.37 bits per heavy atom. The second kappa shape index (κ2) is 4.97. The minimum absolute atomic E-state index is 0.498. The molecule has 0 aromatic heterocycles. The summed E-state index contributed by atoms with van der Waals surface area (Å²) in [6.07, 6.45) is 0. The molecule has 7 heteroatoms. The Bertz CT molecular complexity index is 542. The molecule has 0 aliphatic heterocycles. The topological polar surface area (TPSA) is 86.5 Å². The second-order valence-electron chi connectivity index (χ2n) is 4.23. The number of rotatable bonds is 4. The van der Waals surface area contributed by atoms with E-state index in [2.05, 4.69) is 4.74 Å². The lowest BCUT2D eigenvalue weighted by atomic mass is 10.1. The van der Waals surface area contributed by atoms with Gasteiger partial charge in [0.1, 0.15) is 5.92 Å². The van der Waals surface area contributed by atoms with Crippen LogP contribution in [0.5, 0.6) is 0 Å². The lowest BCUT2D eigenvalue weighted by Gasteiger charge is -1.98. The third kappa shape index (κ3) is 2.44. The van der Waals surface area contributed by atoms with Gasteiger partial charge in [0, 0.05) is 9.95 Å². The van der Waals surface area contributed by atoms with E-state index in [1.54, 1.807) is 24.3 Å². The molecule has 1 aliphatic rings. The number of methoxy groups -OCH3 is 1. The fraction of sp³-hybridized carbons (Fsp3) is 0.333. The van der Waals surface area contributed by atoms with Crippen LogP contribution < -0.4 is 0 Å². The summed E-state index contributed by atoms with van der Waals surface area (Å²) in [5.41, 5.74) is 0.619. The van der Waals surface area contributed by atoms with E-state index in [-0.39, 0.29) is 0 Å². The smallest absolute Gasteiger partial charge is 0.374 e. The molecule has 1 aromatic rings. The van der Waals surface area contributed by atoms with Gasteiger partial charge in [-0.2, -0.15) is 0 Å². The molecular weight excluding hydrogens is 274 g/mol. The highest BCUT2D eigenvalue weighted by atomic mass is 35.5. The van der Waals surface area contributed by atoms with Crippen LogP contribution in [0.2, 0.25) is 5.02 Å². The van der Waals surface area contributed by atoms with Crippen LogP contribution in [0.15, 0.2) is 24.3 Å². The van der Waals surface area contributed by atoms with Crippen LogP contribution in [0.3, 0.4) is 0 Å². The normalized spacial score (nSPS) is 24.6. The van der Waals surface area contributed by atoms with Crippen molar-refractivity contribution >= 4 is 23.4 Å². The fourth-order valence-corrected chi connectivity index (χ4v) is 2.33. The molecule has 0 amide bonds. The van der Waals surface area contributed by atoms with Crippen molar-refractivity contribution in [3.05, 3.63) is 45.0 Å². The molecule has 1 fully saturated rings. The molecule has 1 aromatic carbocycles. The number of halogens is 1. The van der Waals surface area contributed by atoms with Gasteiger partial charge >= 0.3 is 5.97 Å². The van der Waals surface area contributed by atoms with Gasteiger partial charge in [-0.25, -0.2) is 4.79 Å². The standard InChI is InChI=1S/C12H10ClNO5/c1-19-12(16)11(15)9-8(10(9)14(17)18)6-2-4-7(13)5-3-6/h2-5,8-10H,1H3/t8-,9+,10+/m0/s1. The van der Waals surface area contributed by atoms with Crippen molar-refractivity contribution in [2.45, 2.75) is 12.0 Å². The number of hydrogen-bond donors (Lipinski definition) is 0. The number of nitro groups is 1. The van der Waals surface area contributed by atoms with Crippen molar-refractivity contribution in [3.8, 4) is 0 Å². The molecule has 100 valence electrons. The van der Waals surface area contributed by atoms with E-state index in [1.807, 2.05) is 0 Å². The van der Waals surface area contributed by atoms with E-state index in [1.165, 1.54) is 0 Å². The maximum Gasteiger partial charge on any atom is 0.374 e. The first kappa shape index (κ1) is 13.5. The highest BCUT2D eigenvalue weighted by molar-refractivity contribution is 6.35. The second-order valence-corrected chi connectivity index (χ2v) is 4.67. The number of ketones is 1. The summed E-state index contributed by atoms with van der Waals surface area (Å²) < 4.78 is 4.31. The lowest BCUT2D eigenvalue weighted by molar-refractivity contribution is -0.498. The van der Waals surface area contributed by atoms with Gasteiger partial charge in [0.2, 0.25) is 6.04 Å². The zero-order valence-electron chi connectivity index (χ0n) is 9.91. The molecule has 0 heterocycles. The van der Waals surface area contributed by atoms with Gasteiger partial charge in [-0.05, 0) is 17.7 Å². The first-order valence-corrected chi connectivity index (χ1v) is 5.86. The maximum atomic E-state index is 11.7. The van der Waals surface area contributed by atoms with Crippen molar-refractivity contribution in [2.75, 3.05) is 7.11 Å². The van der Waals surface area contributed by atoms with Crippen LogP contribution in [0, 0.1) is 16.0 Å². The van der Waals surface area contributed by atoms with Crippen molar-refractivity contribution in [1.82, 2.24) is 0 Å². The molecule has 0 radical (unpaired) electrons. The Balaban J connectivity index is 2.25. The largest absolute Gasteiger partial charge is 0.463 e. The molecule has 6 nitrogen and oxygen atoms in total. The molecular formula is C12H10ClNO5. The maximum absolute atomic E-state index is 11.7. The summed E-state index contributed by atoms with van der Waals surface area (Å²) in [6.45, 7) is 0. The fourth-order valence-electron chi connectivity index (χ4n) is 2.20. The number of hydrogen-bond acceptors (Lipinski definition) is 5. The van der Waals surface area contributed by atoms with E-state index in [0.29, 0.717) is 10.6 Å². The molecule has 0 bridgehead atoms. The predicted octanol–water partition coefficient (Wildman–Crippen LogP) is 1.44. The number of benzene rings is 1. The average Bonchev–Trinajstić information content (AvgIpc) is 3.13. The molecule has 0 spiro atoms. The number of carbonyl (C=O) groups is 2. The monoisotopic (exact) mass is 283 g/mol. The first-order valence-electron chi connectivity index (χ1n) is 5.48. The van der Waals surface area contributed by atoms with E-state index in [0.717, 1.165) is 7.11 Å². The highest BCUT2D eigenvalue weighted by Gasteiger charge is 2.66. The van der Waals surface area contributed by atoms with E-state index < -0.39 is 34.6 Å². The minimum Gasteiger partial charge on any atom is -0.463 e. The number of nitrogens with zero attached hydrogens (tertiary/aromatic N) is 1. The van der Waals surface area contributed by atoms with Gasteiger partial charge in [0.15, 0.2) is 0 Å². The van der Waals surface area contributed by atoms with Gasteiger partial charge in [-0.15, -0.1) is 0 Å². The van der Waals surface area contributed by atoms with E-state index in [9.17, 15) is 19.7 Å². The Labute approximate surface area is 113 Å². The Kier molecular flexibility index (Phi) is 3.53. The molecule has 2 rings (SSSR count). The number of esters is 1.